The van der Waals surface area contributed by atoms with Gasteiger partial charge in [-0.3, -0.25) is 0 Å². The van der Waals surface area contributed by atoms with E-state index in [0.29, 0.717) is 0 Å². The summed E-state index contributed by atoms with van der Waals surface area (Å²) >= 11 is 1.71. The average Bonchev–Trinajstić information content (AvgIpc) is 2.36. The number of nitriles is 1. The van der Waals surface area contributed by atoms with Crippen molar-refractivity contribution in [3.63, 3.8) is 0 Å². The summed E-state index contributed by atoms with van der Waals surface area (Å²) in [5.41, 5.74) is 0. The molecule has 1 aromatic carbocycles. The minimum absolute atomic E-state index is 1.02. The van der Waals surface area contributed by atoms with E-state index >= 15 is 0 Å². The molecule has 1 rings (SSSR count). The van der Waals surface area contributed by atoms with Crippen LogP contribution in [-0.2, 0) is 0 Å². The summed E-state index contributed by atoms with van der Waals surface area (Å²) in [5, 5.41) is 8.78. The van der Waals surface area contributed by atoms with Crippen molar-refractivity contribution in [1.82, 2.24) is 0 Å². The Bertz CT molecular complexity index is 376. The van der Waals surface area contributed by atoms with E-state index in [1.807, 2.05) is 18.2 Å². The molecule has 0 saturated carbocycles. The van der Waals surface area contributed by atoms with Crippen LogP contribution in [0.25, 0.3) is 0 Å². The van der Waals surface area contributed by atoms with Gasteiger partial charge in [-0.15, -0.1) is 0 Å². The molecule has 17 heavy (non-hydrogen) atoms. The normalized spacial score (nSPS) is 11.2. The Morgan fingerprint density at radius 3 is 2.65 bits per heavy atom. The number of hydrogen-bond donors (Lipinski definition) is 0. The van der Waals surface area contributed by atoms with Crippen LogP contribution < -0.4 is 0 Å². The van der Waals surface area contributed by atoms with Crippen molar-refractivity contribution in [2.45, 2.75) is 43.9 Å². The molecule has 0 saturated heterocycles. The highest BCUT2D eigenvalue weighted by Gasteiger charge is 2.00. The average molecular weight is 245 g/mol. The van der Waals surface area contributed by atoms with Crippen LogP contribution in [0.2, 0.25) is 0 Å². The Kier molecular flexibility index (Phi) is 7.25. The maximum absolute atomic E-state index is 8.78. The largest absolute Gasteiger partial charge is 0.193 e. The molecule has 0 bridgehead atoms. The SMILES string of the molecule is CCCCCC/C(=C\C#N)Sc1ccccc1. The quantitative estimate of drug-likeness (QED) is 0.376. The third kappa shape index (κ3) is 6.19. The predicted octanol–water partition coefficient (Wildman–Crippen LogP) is 5.16. The standard InChI is InChI=1S/C15H19NS/c1-2-3-4-6-11-15(12-13-16)17-14-9-7-5-8-10-14/h5,7-10,12H,2-4,6,11H2,1H3/b15-12+. The molecule has 0 aliphatic rings. The summed E-state index contributed by atoms with van der Waals surface area (Å²) < 4.78 is 0. The lowest BCUT2D eigenvalue weighted by Gasteiger charge is -2.05. The highest BCUT2D eigenvalue weighted by molar-refractivity contribution is 8.03. The van der Waals surface area contributed by atoms with Crippen LogP contribution in [0.3, 0.4) is 0 Å². The van der Waals surface area contributed by atoms with E-state index in [1.54, 1.807) is 17.8 Å². The fourth-order valence-corrected chi connectivity index (χ4v) is 2.54. The van der Waals surface area contributed by atoms with Gasteiger partial charge in [0.05, 0.1) is 6.07 Å². The predicted molar refractivity (Wildman–Crippen MR) is 74.8 cm³/mol. The van der Waals surface area contributed by atoms with Crippen molar-refractivity contribution in [3.05, 3.63) is 41.3 Å². The lowest BCUT2D eigenvalue weighted by atomic mass is 10.1. The number of nitrogens with zero attached hydrogens (tertiary/aromatic N) is 1. The van der Waals surface area contributed by atoms with Crippen molar-refractivity contribution in [2.24, 2.45) is 0 Å². The van der Waals surface area contributed by atoms with E-state index < -0.39 is 0 Å². The topological polar surface area (TPSA) is 23.8 Å². The van der Waals surface area contributed by atoms with Gasteiger partial charge in [-0.1, -0.05) is 56.1 Å². The molecular weight excluding hydrogens is 226 g/mol. The van der Waals surface area contributed by atoms with Gasteiger partial charge in [-0.25, -0.2) is 0 Å². The molecule has 90 valence electrons. The number of benzene rings is 1. The van der Waals surface area contributed by atoms with E-state index in [0.717, 1.165) is 6.42 Å². The van der Waals surface area contributed by atoms with Crippen LogP contribution in [0.4, 0.5) is 0 Å². The molecule has 1 aromatic rings. The Hall–Kier alpha value is -1.20. The fourth-order valence-electron chi connectivity index (χ4n) is 1.59. The number of rotatable bonds is 7. The summed E-state index contributed by atoms with van der Waals surface area (Å²) in [6, 6.07) is 12.4. The Morgan fingerprint density at radius 1 is 1.24 bits per heavy atom. The highest BCUT2D eigenvalue weighted by Crippen LogP contribution is 2.29. The van der Waals surface area contributed by atoms with E-state index in [9.17, 15) is 0 Å². The fraction of sp³-hybridized carbons (Fsp3) is 0.400. The summed E-state index contributed by atoms with van der Waals surface area (Å²) in [7, 11) is 0. The molecule has 1 nitrogen and oxygen atoms in total. The first-order valence-corrected chi connectivity index (χ1v) is 7.00. The molecule has 0 aliphatic carbocycles. The van der Waals surface area contributed by atoms with Gasteiger partial charge in [0, 0.05) is 15.9 Å². The monoisotopic (exact) mass is 245 g/mol. The van der Waals surface area contributed by atoms with Crippen molar-refractivity contribution >= 4 is 11.8 Å². The van der Waals surface area contributed by atoms with Crippen molar-refractivity contribution in [2.75, 3.05) is 0 Å². The molecule has 0 aromatic heterocycles. The number of unbranched alkanes of at least 4 members (excludes halogenated alkanes) is 3. The third-order valence-electron chi connectivity index (χ3n) is 2.49. The van der Waals surface area contributed by atoms with Gasteiger partial charge in [-0.05, 0) is 25.0 Å². The summed E-state index contributed by atoms with van der Waals surface area (Å²) in [6.45, 7) is 2.21. The van der Waals surface area contributed by atoms with E-state index in [1.165, 1.54) is 35.5 Å². The van der Waals surface area contributed by atoms with Crippen LogP contribution >= 0.6 is 11.8 Å². The zero-order chi connectivity index (χ0) is 12.3. The Balaban J connectivity index is 2.45. The van der Waals surface area contributed by atoms with Gasteiger partial charge in [0.1, 0.15) is 0 Å². The highest BCUT2D eigenvalue weighted by atomic mass is 32.2. The lowest BCUT2D eigenvalue weighted by Crippen LogP contribution is -1.81. The second kappa shape index (κ2) is 8.90. The maximum atomic E-state index is 8.78. The number of hydrogen-bond acceptors (Lipinski definition) is 2. The summed E-state index contributed by atoms with van der Waals surface area (Å²) in [5.74, 6) is 0. The van der Waals surface area contributed by atoms with Crippen molar-refractivity contribution < 1.29 is 0 Å². The van der Waals surface area contributed by atoms with E-state index in [-0.39, 0.29) is 0 Å². The third-order valence-corrected chi connectivity index (χ3v) is 3.59. The first-order chi connectivity index (χ1) is 8.36. The molecule has 0 fully saturated rings. The van der Waals surface area contributed by atoms with Gasteiger partial charge in [-0.2, -0.15) is 5.26 Å². The second-order valence-electron chi connectivity index (χ2n) is 3.97. The van der Waals surface area contributed by atoms with Gasteiger partial charge >= 0.3 is 0 Å². The van der Waals surface area contributed by atoms with Crippen LogP contribution in [0.15, 0.2) is 46.2 Å². The lowest BCUT2D eigenvalue weighted by molar-refractivity contribution is 0.672. The smallest absolute Gasteiger partial charge is 0.0920 e. The van der Waals surface area contributed by atoms with Gasteiger partial charge in [0.2, 0.25) is 0 Å². The molecule has 0 unspecified atom stereocenters. The summed E-state index contributed by atoms with van der Waals surface area (Å²) in [4.78, 5) is 2.39. The van der Waals surface area contributed by atoms with Crippen LogP contribution in [0, 0.1) is 11.3 Å². The van der Waals surface area contributed by atoms with Crippen LogP contribution in [-0.4, -0.2) is 0 Å². The van der Waals surface area contributed by atoms with E-state index in [4.69, 9.17) is 5.26 Å². The number of thioether (sulfide) groups is 1. The zero-order valence-corrected chi connectivity index (χ0v) is 11.2. The first kappa shape index (κ1) is 13.9. The Labute approximate surface area is 109 Å². The Morgan fingerprint density at radius 2 is 2.00 bits per heavy atom. The first-order valence-electron chi connectivity index (χ1n) is 6.18. The minimum atomic E-state index is 1.02. The molecule has 0 heterocycles. The molecular formula is C15H19NS. The minimum Gasteiger partial charge on any atom is -0.193 e. The molecule has 0 aliphatic heterocycles. The molecule has 0 radical (unpaired) electrons. The second-order valence-corrected chi connectivity index (χ2v) is 5.17. The summed E-state index contributed by atoms with van der Waals surface area (Å²) in [6.07, 6.45) is 7.69. The van der Waals surface area contributed by atoms with Crippen molar-refractivity contribution in [3.8, 4) is 6.07 Å². The van der Waals surface area contributed by atoms with Gasteiger partial charge in [0.25, 0.3) is 0 Å². The van der Waals surface area contributed by atoms with Crippen molar-refractivity contribution in [1.29, 1.82) is 5.26 Å². The molecule has 0 atom stereocenters. The van der Waals surface area contributed by atoms with E-state index in [2.05, 4.69) is 25.1 Å². The molecule has 0 spiro atoms. The zero-order valence-electron chi connectivity index (χ0n) is 10.4. The molecule has 2 heteroatoms. The van der Waals surface area contributed by atoms with Crippen LogP contribution in [0.1, 0.15) is 39.0 Å². The maximum Gasteiger partial charge on any atom is 0.0920 e. The molecule has 0 amide bonds. The van der Waals surface area contributed by atoms with Gasteiger partial charge < -0.3 is 0 Å². The number of allylic oxidation sites excluding steroid dienone is 2. The van der Waals surface area contributed by atoms with Gasteiger partial charge in [0.15, 0.2) is 0 Å². The molecule has 0 N–H and O–H groups in total. The van der Waals surface area contributed by atoms with Crippen LogP contribution in [0.5, 0.6) is 0 Å².